The molecule has 5 nitrogen and oxygen atoms in total. The van der Waals surface area contributed by atoms with E-state index in [-0.39, 0.29) is 0 Å². The molecule has 0 spiro atoms. The number of aliphatic imine (C=N–C) groups is 1. The Kier molecular flexibility index (Phi) is 5.66. The lowest BCUT2D eigenvalue weighted by Gasteiger charge is -2.37. The fourth-order valence-electron chi connectivity index (χ4n) is 2.73. The molecule has 0 saturated carbocycles. The number of ether oxygens (including phenoxy) is 1. The van der Waals surface area contributed by atoms with Gasteiger partial charge in [-0.05, 0) is 12.3 Å². The van der Waals surface area contributed by atoms with Crippen molar-refractivity contribution in [3.8, 4) is 0 Å². The summed E-state index contributed by atoms with van der Waals surface area (Å²) in [7, 11) is 1.84. The smallest absolute Gasteiger partial charge is 0.193 e. The van der Waals surface area contributed by atoms with Gasteiger partial charge in [0.15, 0.2) is 5.96 Å². The van der Waals surface area contributed by atoms with Crippen LogP contribution in [0.1, 0.15) is 6.42 Å². The second-order valence-electron chi connectivity index (χ2n) is 5.23. The Morgan fingerprint density at radius 1 is 1.42 bits per heavy atom. The average molecular weight is 266 g/mol. The lowest BCUT2D eigenvalue weighted by Crippen LogP contribution is -2.53. The van der Waals surface area contributed by atoms with Crippen LogP contribution in [0.5, 0.6) is 0 Å². The van der Waals surface area contributed by atoms with Gasteiger partial charge in [0.05, 0.1) is 6.61 Å². The van der Waals surface area contributed by atoms with Gasteiger partial charge in [0, 0.05) is 52.9 Å². The average Bonchev–Trinajstić information content (AvgIpc) is 2.94. The molecule has 0 bridgehead atoms. The predicted molar refractivity (Wildman–Crippen MR) is 78.5 cm³/mol. The van der Waals surface area contributed by atoms with Gasteiger partial charge in [-0.2, -0.15) is 0 Å². The van der Waals surface area contributed by atoms with Crippen molar-refractivity contribution in [3.63, 3.8) is 0 Å². The fraction of sp³-hybridized carbons (Fsp3) is 0.786. The normalized spacial score (nSPS) is 25.6. The molecular formula is C14H26N4O. The molecule has 108 valence electrons. The zero-order valence-corrected chi connectivity index (χ0v) is 12.0. The molecule has 0 aromatic rings. The molecule has 1 unspecified atom stereocenters. The molecule has 2 aliphatic rings. The number of hydrogen-bond donors (Lipinski definition) is 1. The van der Waals surface area contributed by atoms with Crippen molar-refractivity contribution in [3.05, 3.63) is 12.7 Å². The van der Waals surface area contributed by atoms with E-state index >= 15 is 0 Å². The first kappa shape index (κ1) is 14.3. The predicted octanol–water partition coefficient (Wildman–Crippen LogP) is 0.402. The molecule has 2 rings (SSSR count). The number of nitrogens with one attached hydrogen (secondary N) is 1. The SMILES string of the molecule is C=CCNC(=NC)N1CCN(CC2CCOC2)CC1. The summed E-state index contributed by atoms with van der Waals surface area (Å²) in [5.74, 6) is 1.73. The summed E-state index contributed by atoms with van der Waals surface area (Å²) < 4.78 is 5.44. The van der Waals surface area contributed by atoms with Crippen LogP contribution in [0.25, 0.3) is 0 Å². The number of piperazine rings is 1. The largest absolute Gasteiger partial charge is 0.381 e. The minimum Gasteiger partial charge on any atom is -0.381 e. The van der Waals surface area contributed by atoms with Crippen molar-refractivity contribution in [2.24, 2.45) is 10.9 Å². The van der Waals surface area contributed by atoms with E-state index in [2.05, 4.69) is 26.7 Å². The van der Waals surface area contributed by atoms with Gasteiger partial charge in [-0.25, -0.2) is 0 Å². The summed E-state index contributed by atoms with van der Waals surface area (Å²) in [5, 5.41) is 3.30. The van der Waals surface area contributed by atoms with E-state index in [1.54, 1.807) is 0 Å². The van der Waals surface area contributed by atoms with Crippen molar-refractivity contribution >= 4 is 5.96 Å². The third-order valence-electron chi connectivity index (χ3n) is 3.83. The number of hydrogen-bond acceptors (Lipinski definition) is 3. The van der Waals surface area contributed by atoms with Crippen LogP contribution in [0.3, 0.4) is 0 Å². The lowest BCUT2D eigenvalue weighted by atomic mass is 10.1. The zero-order valence-electron chi connectivity index (χ0n) is 12.0. The topological polar surface area (TPSA) is 40.1 Å². The first-order valence-electron chi connectivity index (χ1n) is 7.20. The molecule has 2 heterocycles. The Balaban J connectivity index is 1.73. The number of guanidine groups is 1. The van der Waals surface area contributed by atoms with Crippen LogP contribution in [0.15, 0.2) is 17.6 Å². The van der Waals surface area contributed by atoms with Crippen molar-refractivity contribution in [1.29, 1.82) is 0 Å². The van der Waals surface area contributed by atoms with Crippen LogP contribution in [0.4, 0.5) is 0 Å². The standard InChI is InChI=1S/C14H26N4O/c1-3-5-16-14(15-2)18-8-6-17(7-9-18)11-13-4-10-19-12-13/h3,13H,1,4-12H2,2H3,(H,15,16). The van der Waals surface area contributed by atoms with Gasteiger partial charge in [0.25, 0.3) is 0 Å². The highest BCUT2D eigenvalue weighted by Gasteiger charge is 2.23. The third-order valence-corrected chi connectivity index (χ3v) is 3.83. The molecule has 0 radical (unpaired) electrons. The first-order valence-corrected chi connectivity index (χ1v) is 7.20. The molecule has 2 aliphatic heterocycles. The first-order chi connectivity index (χ1) is 9.33. The van der Waals surface area contributed by atoms with E-state index in [1.165, 1.54) is 13.0 Å². The second-order valence-corrected chi connectivity index (χ2v) is 5.23. The van der Waals surface area contributed by atoms with Crippen LogP contribution in [-0.2, 0) is 4.74 Å². The summed E-state index contributed by atoms with van der Waals surface area (Å²) in [4.78, 5) is 9.20. The minimum absolute atomic E-state index is 0.741. The maximum atomic E-state index is 5.44. The Labute approximate surface area is 116 Å². The fourth-order valence-corrected chi connectivity index (χ4v) is 2.73. The second kappa shape index (κ2) is 7.50. The van der Waals surface area contributed by atoms with Crippen molar-refractivity contribution in [2.45, 2.75) is 6.42 Å². The monoisotopic (exact) mass is 266 g/mol. The van der Waals surface area contributed by atoms with Crippen LogP contribution in [0.2, 0.25) is 0 Å². The molecule has 0 aromatic heterocycles. The summed E-state index contributed by atoms with van der Waals surface area (Å²) in [6.07, 6.45) is 3.09. The van der Waals surface area contributed by atoms with Gasteiger partial charge in [-0.1, -0.05) is 6.08 Å². The lowest BCUT2D eigenvalue weighted by molar-refractivity contribution is 0.139. The van der Waals surface area contributed by atoms with Gasteiger partial charge < -0.3 is 15.0 Å². The highest BCUT2D eigenvalue weighted by Crippen LogP contribution is 2.15. The Morgan fingerprint density at radius 3 is 2.79 bits per heavy atom. The van der Waals surface area contributed by atoms with Gasteiger partial charge in [-0.3, -0.25) is 9.89 Å². The molecule has 0 amide bonds. The highest BCUT2D eigenvalue weighted by molar-refractivity contribution is 5.80. The van der Waals surface area contributed by atoms with E-state index in [0.717, 1.165) is 57.8 Å². The molecule has 5 heteroatoms. The van der Waals surface area contributed by atoms with E-state index in [9.17, 15) is 0 Å². The Morgan fingerprint density at radius 2 is 2.21 bits per heavy atom. The van der Waals surface area contributed by atoms with Crippen molar-refractivity contribution in [1.82, 2.24) is 15.1 Å². The third kappa shape index (κ3) is 4.21. The molecule has 2 saturated heterocycles. The Hall–Kier alpha value is -1.07. The summed E-state index contributed by atoms with van der Waals surface area (Å²) in [5.41, 5.74) is 0. The molecular weight excluding hydrogens is 240 g/mol. The molecule has 0 aromatic carbocycles. The van der Waals surface area contributed by atoms with Crippen LogP contribution >= 0.6 is 0 Å². The highest BCUT2D eigenvalue weighted by atomic mass is 16.5. The number of rotatable bonds is 4. The molecule has 1 atom stereocenters. The van der Waals surface area contributed by atoms with E-state index in [4.69, 9.17) is 4.74 Å². The van der Waals surface area contributed by atoms with Gasteiger partial charge >= 0.3 is 0 Å². The van der Waals surface area contributed by atoms with E-state index in [0.29, 0.717) is 0 Å². The van der Waals surface area contributed by atoms with Crippen molar-refractivity contribution in [2.75, 3.05) is 59.5 Å². The van der Waals surface area contributed by atoms with Crippen LogP contribution in [-0.4, -0.2) is 75.3 Å². The van der Waals surface area contributed by atoms with E-state index in [1.807, 2.05) is 13.1 Å². The molecule has 0 aliphatic carbocycles. The molecule has 1 N–H and O–H groups in total. The Bertz CT molecular complexity index is 305. The van der Waals surface area contributed by atoms with Gasteiger partial charge in [0.1, 0.15) is 0 Å². The maximum absolute atomic E-state index is 5.44. The van der Waals surface area contributed by atoms with Crippen LogP contribution < -0.4 is 5.32 Å². The van der Waals surface area contributed by atoms with Crippen LogP contribution in [0, 0.1) is 5.92 Å². The summed E-state index contributed by atoms with van der Waals surface area (Å²) >= 11 is 0. The summed E-state index contributed by atoms with van der Waals surface area (Å²) in [6, 6.07) is 0. The minimum atomic E-state index is 0.741. The quantitative estimate of drug-likeness (QED) is 0.454. The van der Waals surface area contributed by atoms with Gasteiger partial charge in [-0.15, -0.1) is 6.58 Å². The zero-order chi connectivity index (χ0) is 13.5. The molecule has 19 heavy (non-hydrogen) atoms. The van der Waals surface area contributed by atoms with E-state index < -0.39 is 0 Å². The molecule has 2 fully saturated rings. The van der Waals surface area contributed by atoms with Crippen molar-refractivity contribution < 1.29 is 4.74 Å². The summed E-state index contributed by atoms with van der Waals surface area (Å²) in [6.45, 7) is 11.9. The van der Waals surface area contributed by atoms with Gasteiger partial charge in [0.2, 0.25) is 0 Å². The maximum Gasteiger partial charge on any atom is 0.193 e. The number of nitrogens with zero attached hydrogens (tertiary/aromatic N) is 3.